The molecule has 0 aliphatic rings. The minimum atomic E-state index is -0.470. The second-order valence-corrected chi connectivity index (χ2v) is 6.12. The Balaban J connectivity index is 1.65. The van der Waals surface area contributed by atoms with Crippen molar-refractivity contribution < 1.29 is 23.5 Å². The molecule has 1 amide bonds. The second kappa shape index (κ2) is 8.90. The molecule has 0 radical (unpaired) electrons. The molecule has 28 heavy (non-hydrogen) atoms. The SMILES string of the molecule is COC(=O)c1cc(CNC(=O)c2ccccc2COc2ccccc2)oc1C. The summed E-state index contributed by atoms with van der Waals surface area (Å²) in [5.74, 6) is 0.944. The molecule has 6 heteroatoms. The van der Waals surface area contributed by atoms with Gasteiger partial charge in [-0.05, 0) is 31.2 Å². The number of aryl methyl sites for hydroxylation is 1. The molecule has 1 N–H and O–H groups in total. The van der Waals surface area contributed by atoms with Crippen molar-refractivity contribution >= 4 is 11.9 Å². The lowest BCUT2D eigenvalue weighted by Gasteiger charge is -2.11. The zero-order chi connectivity index (χ0) is 19.9. The van der Waals surface area contributed by atoms with E-state index in [4.69, 9.17) is 13.9 Å². The molecular formula is C22H21NO5. The van der Waals surface area contributed by atoms with Crippen molar-refractivity contribution in [1.82, 2.24) is 5.32 Å². The molecule has 1 heterocycles. The minimum absolute atomic E-state index is 0.157. The van der Waals surface area contributed by atoms with Crippen molar-refractivity contribution in [2.75, 3.05) is 7.11 Å². The third-order valence-electron chi connectivity index (χ3n) is 4.20. The lowest BCUT2D eigenvalue weighted by atomic mass is 10.1. The van der Waals surface area contributed by atoms with Gasteiger partial charge in [-0.15, -0.1) is 0 Å². The molecule has 6 nitrogen and oxygen atoms in total. The third kappa shape index (κ3) is 4.59. The number of hydrogen-bond acceptors (Lipinski definition) is 5. The Hall–Kier alpha value is -3.54. The van der Waals surface area contributed by atoms with Crippen LogP contribution in [0.2, 0.25) is 0 Å². The maximum absolute atomic E-state index is 12.6. The van der Waals surface area contributed by atoms with Crippen LogP contribution in [-0.2, 0) is 17.9 Å². The first-order chi connectivity index (χ1) is 13.6. The number of carbonyl (C=O) groups is 2. The first-order valence-electron chi connectivity index (χ1n) is 8.80. The smallest absolute Gasteiger partial charge is 0.341 e. The van der Waals surface area contributed by atoms with E-state index in [1.165, 1.54) is 7.11 Å². The van der Waals surface area contributed by atoms with Gasteiger partial charge in [-0.1, -0.05) is 36.4 Å². The van der Waals surface area contributed by atoms with Crippen molar-refractivity contribution in [1.29, 1.82) is 0 Å². The van der Waals surface area contributed by atoms with Crippen molar-refractivity contribution in [2.24, 2.45) is 0 Å². The first-order valence-corrected chi connectivity index (χ1v) is 8.80. The summed E-state index contributed by atoms with van der Waals surface area (Å²) >= 11 is 0. The average Bonchev–Trinajstić information content (AvgIpc) is 3.11. The zero-order valence-electron chi connectivity index (χ0n) is 15.7. The van der Waals surface area contributed by atoms with Crippen molar-refractivity contribution in [3.05, 3.63) is 88.9 Å². The van der Waals surface area contributed by atoms with Crippen molar-refractivity contribution in [3.8, 4) is 5.75 Å². The van der Waals surface area contributed by atoms with E-state index in [1.54, 1.807) is 25.1 Å². The molecule has 0 aliphatic heterocycles. The Morgan fingerprint density at radius 2 is 1.71 bits per heavy atom. The summed E-state index contributed by atoms with van der Waals surface area (Å²) in [6, 6.07) is 18.2. The second-order valence-electron chi connectivity index (χ2n) is 6.12. The summed E-state index contributed by atoms with van der Waals surface area (Å²) in [5, 5.41) is 2.81. The highest BCUT2D eigenvalue weighted by Crippen LogP contribution is 2.17. The van der Waals surface area contributed by atoms with E-state index in [0.29, 0.717) is 22.6 Å². The highest BCUT2D eigenvalue weighted by molar-refractivity contribution is 5.95. The van der Waals surface area contributed by atoms with Gasteiger partial charge in [0.1, 0.15) is 29.4 Å². The normalized spacial score (nSPS) is 10.4. The van der Waals surface area contributed by atoms with Crippen LogP contribution in [-0.4, -0.2) is 19.0 Å². The number of methoxy groups -OCH3 is 1. The molecule has 0 saturated carbocycles. The Labute approximate surface area is 163 Å². The molecule has 1 aromatic heterocycles. The Morgan fingerprint density at radius 3 is 2.46 bits per heavy atom. The fourth-order valence-corrected chi connectivity index (χ4v) is 2.75. The lowest BCUT2D eigenvalue weighted by Crippen LogP contribution is -2.24. The van der Waals surface area contributed by atoms with E-state index in [1.807, 2.05) is 42.5 Å². The van der Waals surface area contributed by atoms with E-state index in [0.717, 1.165) is 11.3 Å². The molecule has 0 saturated heterocycles. The topological polar surface area (TPSA) is 77.8 Å². The highest BCUT2D eigenvalue weighted by Gasteiger charge is 2.17. The van der Waals surface area contributed by atoms with Gasteiger partial charge in [0.05, 0.1) is 13.7 Å². The number of amides is 1. The monoisotopic (exact) mass is 379 g/mol. The number of rotatable bonds is 7. The molecule has 0 atom stereocenters. The number of nitrogens with one attached hydrogen (secondary N) is 1. The van der Waals surface area contributed by atoms with Crippen molar-refractivity contribution in [3.63, 3.8) is 0 Å². The molecule has 0 aliphatic carbocycles. The molecule has 0 unspecified atom stereocenters. The summed E-state index contributed by atoms with van der Waals surface area (Å²) in [6.45, 7) is 2.11. The van der Waals surface area contributed by atoms with E-state index >= 15 is 0 Å². The van der Waals surface area contributed by atoms with Gasteiger partial charge >= 0.3 is 5.97 Å². The number of benzene rings is 2. The molecule has 0 spiro atoms. The zero-order valence-corrected chi connectivity index (χ0v) is 15.7. The third-order valence-corrected chi connectivity index (χ3v) is 4.20. The average molecular weight is 379 g/mol. The highest BCUT2D eigenvalue weighted by atomic mass is 16.5. The molecule has 144 valence electrons. The molecule has 2 aromatic carbocycles. The molecular weight excluding hydrogens is 358 g/mol. The van der Waals surface area contributed by atoms with Gasteiger partial charge in [0, 0.05) is 11.1 Å². The van der Waals surface area contributed by atoms with E-state index in [2.05, 4.69) is 5.32 Å². The first kappa shape index (κ1) is 19.2. The predicted octanol–water partition coefficient (Wildman–Crippen LogP) is 3.88. The van der Waals surface area contributed by atoms with Crippen LogP contribution in [0, 0.1) is 6.92 Å². The molecule has 0 fully saturated rings. The molecule has 0 bridgehead atoms. The fraction of sp³-hybridized carbons (Fsp3) is 0.182. The number of carbonyl (C=O) groups excluding carboxylic acids is 2. The molecule has 3 aromatic rings. The van der Waals surface area contributed by atoms with Gasteiger partial charge in [0.2, 0.25) is 0 Å². The Kier molecular flexibility index (Phi) is 6.11. The van der Waals surface area contributed by atoms with Crippen LogP contribution < -0.4 is 10.1 Å². The van der Waals surface area contributed by atoms with Crippen LogP contribution in [0.1, 0.15) is 37.8 Å². The van der Waals surface area contributed by atoms with Gasteiger partial charge in [-0.2, -0.15) is 0 Å². The lowest BCUT2D eigenvalue weighted by molar-refractivity contribution is 0.0598. The summed E-state index contributed by atoms with van der Waals surface area (Å²) in [7, 11) is 1.31. The number of furan rings is 1. The summed E-state index contributed by atoms with van der Waals surface area (Å²) in [6.07, 6.45) is 0. The number of ether oxygens (including phenoxy) is 2. The largest absolute Gasteiger partial charge is 0.489 e. The summed E-state index contributed by atoms with van der Waals surface area (Å²) in [4.78, 5) is 24.3. The van der Waals surface area contributed by atoms with Crippen LogP contribution in [0.3, 0.4) is 0 Å². The van der Waals surface area contributed by atoms with E-state index in [9.17, 15) is 9.59 Å². The quantitative estimate of drug-likeness (QED) is 0.630. The van der Waals surface area contributed by atoms with Gasteiger partial charge in [0.15, 0.2) is 0 Å². The van der Waals surface area contributed by atoms with E-state index in [-0.39, 0.29) is 19.1 Å². The van der Waals surface area contributed by atoms with Crippen LogP contribution in [0.5, 0.6) is 5.75 Å². The van der Waals surface area contributed by atoms with Crippen molar-refractivity contribution in [2.45, 2.75) is 20.1 Å². The number of hydrogen-bond donors (Lipinski definition) is 1. The van der Waals surface area contributed by atoms with Crippen LogP contribution >= 0.6 is 0 Å². The number of para-hydroxylation sites is 1. The standard InChI is InChI=1S/C22H21NO5/c1-15-20(22(25)26-2)12-18(28-15)13-23-21(24)19-11-7-6-8-16(19)14-27-17-9-4-3-5-10-17/h3-12H,13-14H2,1-2H3,(H,23,24). The number of esters is 1. The Morgan fingerprint density at radius 1 is 1.00 bits per heavy atom. The van der Waals surface area contributed by atoms with Crippen LogP contribution in [0.25, 0.3) is 0 Å². The Bertz CT molecular complexity index is 962. The van der Waals surface area contributed by atoms with Gasteiger partial charge in [-0.25, -0.2) is 4.79 Å². The maximum Gasteiger partial charge on any atom is 0.341 e. The van der Waals surface area contributed by atoms with Crippen LogP contribution in [0.4, 0.5) is 0 Å². The minimum Gasteiger partial charge on any atom is -0.489 e. The summed E-state index contributed by atoms with van der Waals surface area (Å²) in [5.41, 5.74) is 1.65. The predicted molar refractivity (Wildman–Crippen MR) is 103 cm³/mol. The van der Waals surface area contributed by atoms with Gasteiger partial charge in [0.25, 0.3) is 5.91 Å². The van der Waals surface area contributed by atoms with E-state index < -0.39 is 5.97 Å². The molecule has 3 rings (SSSR count). The summed E-state index contributed by atoms with van der Waals surface area (Å²) < 4.78 is 16.0. The fourth-order valence-electron chi connectivity index (χ4n) is 2.75. The van der Waals surface area contributed by atoms with Gasteiger partial charge < -0.3 is 19.2 Å². The van der Waals surface area contributed by atoms with Gasteiger partial charge in [-0.3, -0.25) is 4.79 Å². The maximum atomic E-state index is 12.6. The van der Waals surface area contributed by atoms with Crippen LogP contribution in [0.15, 0.2) is 65.1 Å².